The number of nitrogens with zero attached hydrogens (tertiary/aromatic N) is 2. The van der Waals surface area contributed by atoms with E-state index < -0.39 is 5.60 Å². The number of hydrazine groups is 1. The van der Waals surface area contributed by atoms with Gasteiger partial charge in [0.15, 0.2) is 0 Å². The molecule has 0 radical (unpaired) electrons. The van der Waals surface area contributed by atoms with Gasteiger partial charge in [0.25, 0.3) is 0 Å². The van der Waals surface area contributed by atoms with Crippen LogP contribution in [0.5, 0.6) is 0 Å². The summed E-state index contributed by atoms with van der Waals surface area (Å²) >= 11 is 0. The molecule has 1 unspecified atom stereocenters. The number of hydrogen-bond acceptors (Lipinski definition) is 5. The van der Waals surface area contributed by atoms with Gasteiger partial charge in [-0.05, 0) is 25.5 Å². The van der Waals surface area contributed by atoms with Crippen LogP contribution in [0.1, 0.15) is 13.3 Å². The summed E-state index contributed by atoms with van der Waals surface area (Å²) in [6, 6.07) is 5.62. The van der Waals surface area contributed by atoms with Crippen molar-refractivity contribution in [2.75, 3.05) is 23.4 Å². The molecular formula is C10H16N4O. The maximum absolute atomic E-state index is 9.84. The number of nitrogens with two attached hydrogens (primary N) is 1. The second-order valence-corrected chi connectivity index (χ2v) is 4.19. The Labute approximate surface area is 88.9 Å². The lowest BCUT2D eigenvalue weighted by molar-refractivity contribution is 0.0839. The molecule has 1 atom stereocenters. The summed E-state index contributed by atoms with van der Waals surface area (Å²) in [5.74, 6) is 6.78. The van der Waals surface area contributed by atoms with Gasteiger partial charge in [0.1, 0.15) is 11.6 Å². The van der Waals surface area contributed by atoms with Crippen LogP contribution in [0.15, 0.2) is 18.2 Å². The van der Waals surface area contributed by atoms with E-state index in [9.17, 15) is 5.11 Å². The van der Waals surface area contributed by atoms with Crippen molar-refractivity contribution in [2.24, 2.45) is 5.84 Å². The minimum Gasteiger partial charge on any atom is -0.388 e. The predicted molar refractivity (Wildman–Crippen MR) is 59.5 cm³/mol. The van der Waals surface area contributed by atoms with Crippen LogP contribution in [0.25, 0.3) is 0 Å². The average Bonchev–Trinajstić information content (AvgIpc) is 2.59. The minimum atomic E-state index is -0.603. The fourth-order valence-corrected chi connectivity index (χ4v) is 1.82. The van der Waals surface area contributed by atoms with Crippen molar-refractivity contribution in [3.05, 3.63) is 18.2 Å². The molecule has 1 aromatic rings. The first-order valence-corrected chi connectivity index (χ1v) is 5.02. The van der Waals surface area contributed by atoms with Crippen molar-refractivity contribution >= 4 is 11.6 Å². The van der Waals surface area contributed by atoms with Crippen LogP contribution in [0, 0.1) is 0 Å². The van der Waals surface area contributed by atoms with Crippen LogP contribution in [0.3, 0.4) is 0 Å². The summed E-state index contributed by atoms with van der Waals surface area (Å²) in [4.78, 5) is 6.37. The number of anilines is 2. The monoisotopic (exact) mass is 208 g/mol. The second-order valence-electron chi connectivity index (χ2n) is 4.19. The highest BCUT2D eigenvalue weighted by Gasteiger charge is 2.31. The molecule has 1 aliphatic heterocycles. The zero-order valence-corrected chi connectivity index (χ0v) is 8.77. The second kappa shape index (κ2) is 3.67. The zero-order chi connectivity index (χ0) is 10.9. The van der Waals surface area contributed by atoms with Crippen LogP contribution in [0.2, 0.25) is 0 Å². The Bertz CT molecular complexity index is 353. The van der Waals surface area contributed by atoms with Gasteiger partial charge in [0, 0.05) is 13.1 Å². The van der Waals surface area contributed by atoms with E-state index in [4.69, 9.17) is 5.84 Å². The fraction of sp³-hybridized carbons (Fsp3) is 0.500. The molecule has 0 spiro atoms. The van der Waals surface area contributed by atoms with E-state index >= 15 is 0 Å². The van der Waals surface area contributed by atoms with Crippen LogP contribution < -0.4 is 16.2 Å². The lowest BCUT2D eigenvalue weighted by atomic mass is 10.1. The Morgan fingerprint density at radius 2 is 2.40 bits per heavy atom. The van der Waals surface area contributed by atoms with Crippen molar-refractivity contribution in [2.45, 2.75) is 18.9 Å². The Morgan fingerprint density at radius 3 is 3.00 bits per heavy atom. The summed E-state index contributed by atoms with van der Waals surface area (Å²) in [6.07, 6.45) is 0.773. The molecule has 2 heterocycles. The van der Waals surface area contributed by atoms with Gasteiger partial charge < -0.3 is 15.4 Å². The Balaban J connectivity index is 2.16. The third kappa shape index (κ3) is 2.19. The standard InChI is InChI=1S/C10H16N4O/c1-10(15)5-6-14(7-10)9-4-2-3-8(12-9)13-11/h2-4,15H,5-7,11H2,1H3,(H,12,13). The lowest BCUT2D eigenvalue weighted by Gasteiger charge is -2.20. The van der Waals surface area contributed by atoms with Crippen LogP contribution in [-0.2, 0) is 0 Å². The van der Waals surface area contributed by atoms with Gasteiger partial charge in [0.2, 0.25) is 0 Å². The normalized spacial score (nSPS) is 25.7. The van der Waals surface area contributed by atoms with Gasteiger partial charge >= 0.3 is 0 Å². The average molecular weight is 208 g/mol. The number of aromatic nitrogens is 1. The van der Waals surface area contributed by atoms with E-state index in [1.54, 1.807) is 6.07 Å². The first-order valence-electron chi connectivity index (χ1n) is 5.02. The van der Waals surface area contributed by atoms with Crippen molar-refractivity contribution < 1.29 is 5.11 Å². The molecule has 5 nitrogen and oxygen atoms in total. The quantitative estimate of drug-likeness (QED) is 0.482. The Hall–Kier alpha value is -1.33. The van der Waals surface area contributed by atoms with Crippen molar-refractivity contribution in [1.82, 2.24) is 4.98 Å². The molecule has 0 bridgehead atoms. The van der Waals surface area contributed by atoms with Crippen molar-refractivity contribution in [3.8, 4) is 0 Å². The summed E-state index contributed by atoms with van der Waals surface area (Å²) in [6.45, 7) is 3.29. The Morgan fingerprint density at radius 1 is 1.60 bits per heavy atom. The molecule has 0 aliphatic carbocycles. The minimum absolute atomic E-state index is 0.603. The molecule has 15 heavy (non-hydrogen) atoms. The van der Waals surface area contributed by atoms with Crippen molar-refractivity contribution in [3.63, 3.8) is 0 Å². The third-order valence-corrected chi connectivity index (χ3v) is 2.66. The summed E-state index contributed by atoms with van der Waals surface area (Å²) in [5, 5.41) is 9.84. The van der Waals surface area contributed by atoms with Crippen LogP contribution in [0.4, 0.5) is 11.6 Å². The molecule has 5 heteroatoms. The van der Waals surface area contributed by atoms with Crippen LogP contribution >= 0.6 is 0 Å². The van der Waals surface area contributed by atoms with Gasteiger partial charge in [0.05, 0.1) is 5.60 Å². The van der Waals surface area contributed by atoms with E-state index in [0.717, 1.165) is 18.8 Å². The van der Waals surface area contributed by atoms with Gasteiger partial charge in [-0.3, -0.25) is 0 Å². The molecule has 1 aliphatic rings. The van der Waals surface area contributed by atoms with E-state index in [1.165, 1.54) is 0 Å². The lowest BCUT2D eigenvalue weighted by Crippen LogP contribution is -2.30. The molecule has 0 amide bonds. The Kier molecular flexibility index (Phi) is 2.50. The van der Waals surface area contributed by atoms with E-state index in [-0.39, 0.29) is 0 Å². The predicted octanol–water partition coefficient (Wildman–Crippen LogP) is 0.328. The smallest absolute Gasteiger partial charge is 0.142 e. The molecule has 0 saturated carbocycles. The number of nitrogens with one attached hydrogen (secondary N) is 1. The molecule has 82 valence electrons. The molecule has 1 saturated heterocycles. The maximum atomic E-state index is 9.84. The summed E-state index contributed by atoms with van der Waals surface area (Å²) in [5.41, 5.74) is 1.91. The first kappa shape index (κ1) is 10.2. The zero-order valence-electron chi connectivity index (χ0n) is 8.77. The highest BCUT2D eigenvalue weighted by Crippen LogP contribution is 2.25. The molecule has 4 N–H and O–H groups in total. The maximum Gasteiger partial charge on any atom is 0.142 e. The highest BCUT2D eigenvalue weighted by molar-refractivity contribution is 5.47. The first-order chi connectivity index (χ1) is 7.11. The van der Waals surface area contributed by atoms with E-state index in [2.05, 4.69) is 15.3 Å². The molecule has 2 rings (SSSR count). The number of pyridine rings is 1. The molecule has 1 fully saturated rings. The largest absolute Gasteiger partial charge is 0.388 e. The van der Waals surface area contributed by atoms with Gasteiger partial charge in [-0.2, -0.15) is 0 Å². The molecular weight excluding hydrogens is 192 g/mol. The number of aliphatic hydroxyl groups is 1. The highest BCUT2D eigenvalue weighted by atomic mass is 16.3. The van der Waals surface area contributed by atoms with E-state index in [1.807, 2.05) is 19.1 Å². The van der Waals surface area contributed by atoms with Gasteiger partial charge in [-0.15, -0.1) is 0 Å². The summed E-state index contributed by atoms with van der Waals surface area (Å²) < 4.78 is 0. The number of rotatable bonds is 2. The topological polar surface area (TPSA) is 74.4 Å². The third-order valence-electron chi connectivity index (χ3n) is 2.66. The van der Waals surface area contributed by atoms with Crippen LogP contribution in [-0.4, -0.2) is 28.8 Å². The molecule has 0 aromatic carbocycles. The fourth-order valence-electron chi connectivity index (χ4n) is 1.82. The number of nitrogen functional groups attached to an aromatic ring is 1. The molecule has 1 aromatic heterocycles. The SMILES string of the molecule is CC1(O)CCN(c2cccc(NN)n2)C1. The van der Waals surface area contributed by atoms with Crippen molar-refractivity contribution in [1.29, 1.82) is 0 Å². The number of hydrogen-bond donors (Lipinski definition) is 3. The number of β-amino-alcohol motifs (C(OH)–C–C–N with tert-alkyl or cyclic N) is 1. The van der Waals surface area contributed by atoms with E-state index in [0.29, 0.717) is 12.4 Å². The van der Waals surface area contributed by atoms with Gasteiger partial charge in [-0.25, -0.2) is 10.8 Å². The summed E-state index contributed by atoms with van der Waals surface area (Å²) in [7, 11) is 0. The van der Waals surface area contributed by atoms with Gasteiger partial charge in [-0.1, -0.05) is 6.07 Å².